The minimum absolute atomic E-state index is 0.0485. The van der Waals surface area contributed by atoms with Gasteiger partial charge in [0.25, 0.3) is 0 Å². The third-order valence-corrected chi connectivity index (χ3v) is 4.12. The van der Waals surface area contributed by atoms with Crippen LogP contribution >= 0.6 is 15.9 Å². The fraction of sp³-hybridized carbons (Fsp3) is 0.444. The smallest absolute Gasteiger partial charge is 0.302 e. The Hall–Kier alpha value is -0.700. The maximum absolute atomic E-state index is 11.8. The van der Waals surface area contributed by atoms with E-state index in [2.05, 4.69) is 25.6 Å². The average Bonchev–Trinajstić information content (AvgIpc) is 2.28. The predicted octanol–water partition coefficient (Wildman–Crippen LogP) is 0.815. The summed E-state index contributed by atoms with van der Waals surface area (Å²) in [6.07, 6.45) is 1.89. The molecule has 0 fully saturated rings. The standard InChI is InChI=1S/C9H14BrN3O3S/c1-13(6-3-7-14)17(15,16)12-9-8(10)4-2-5-11-9/h2,4-5,14H,3,6-7H2,1H3,(H,11,12). The summed E-state index contributed by atoms with van der Waals surface area (Å²) in [6.45, 7) is 0.198. The van der Waals surface area contributed by atoms with Crippen LogP contribution in [-0.2, 0) is 10.2 Å². The Morgan fingerprint density at radius 1 is 1.59 bits per heavy atom. The highest BCUT2D eigenvalue weighted by Crippen LogP contribution is 2.19. The molecule has 0 bridgehead atoms. The molecule has 0 radical (unpaired) electrons. The van der Waals surface area contributed by atoms with Gasteiger partial charge in [0.1, 0.15) is 0 Å². The molecule has 0 saturated heterocycles. The van der Waals surface area contributed by atoms with Crippen LogP contribution in [0, 0.1) is 0 Å². The van der Waals surface area contributed by atoms with E-state index in [4.69, 9.17) is 5.11 Å². The second-order valence-corrected chi connectivity index (χ2v) is 5.97. The fourth-order valence-electron chi connectivity index (χ4n) is 1.07. The van der Waals surface area contributed by atoms with E-state index in [0.717, 1.165) is 4.31 Å². The Kier molecular flexibility index (Phi) is 5.31. The number of pyridine rings is 1. The summed E-state index contributed by atoms with van der Waals surface area (Å²) in [5, 5.41) is 8.65. The summed E-state index contributed by atoms with van der Waals surface area (Å²) in [4.78, 5) is 3.91. The summed E-state index contributed by atoms with van der Waals surface area (Å²) < 4.78 is 27.7. The highest BCUT2D eigenvalue weighted by molar-refractivity contribution is 9.10. The Bertz CT molecular complexity index is 466. The Labute approximate surface area is 109 Å². The van der Waals surface area contributed by atoms with Gasteiger partial charge in [0.05, 0.1) is 4.47 Å². The molecule has 0 aliphatic rings. The fourth-order valence-corrected chi connectivity index (χ4v) is 2.49. The van der Waals surface area contributed by atoms with Gasteiger partial charge in [0.15, 0.2) is 5.82 Å². The topological polar surface area (TPSA) is 82.5 Å². The molecule has 96 valence electrons. The lowest BCUT2D eigenvalue weighted by Gasteiger charge is -2.17. The summed E-state index contributed by atoms with van der Waals surface area (Å²) in [7, 11) is -2.19. The number of aliphatic hydroxyl groups excluding tert-OH is 1. The number of aliphatic hydroxyl groups is 1. The van der Waals surface area contributed by atoms with Crippen molar-refractivity contribution in [3.63, 3.8) is 0 Å². The zero-order valence-electron chi connectivity index (χ0n) is 9.30. The van der Waals surface area contributed by atoms with Gasteiger partial charge in [0, 0.05) is 26.4 Å². The van der Waals surface area contributed by atoms with E-state index in [0.29, 0.717) is 10.9 Å². The SMILES string of the molecule is CN(CCCO)S(=O)(=O)Nc1ncccc1Br. The molecule has 17 heavy (non-hydrogen) atoms. The number of halogens is 1. The number of anilines is 1. The molecule has 8 heteroatoms. The summed E-state index contributed by atoms with van der Waals surface area (Å²) in [6, 6.07) is 3.38. The molecule has 1 aromatic rings. The molecular weight excluding hydrogens is 310 g/mol. The quantitative estimate of drug-likeness (QED) is 0.811. The number of nitrogens with one attached hydrogen (secondary N) is 1. The van der Waals surface area contributed by atoms with Crippen molar-refractivity contribution in [2.45, 2.75) is 6.42 Å². The Morgan fingerprint density at radius 2 is 2.29 bits per heavy atom. The molecular formula is C9H14BrN3O3S. The van der Waals surface area contributed by atoms with Crippen molar-refractivity contribution in [2.75, 3.05) is 24.9 Å². The summed E-state index contributed by atoms with van der Waals surface area (Å²) in [5.41, 5.74) is 0. The number of hydrogen-bond acceptors (Lipinski definition) is 4. The van der Waals surface area contributed by atoms with E-state index in [1.165, 1.54) is 13.2 Å². The van der Waals surface area contributed by atoms with Crippen LogP contribution in [0.3, 0.4) is 0 Å². The van der Waals surface area contributed by atoms with Crippen LogP contribution in [0.15, 0.2) is 22.8 Å². The van der Waals surface area contributed by atoms with Gasteiger partial charge in [-0.15, -0.1) is 0 Å². The van der Waals surface area contributed by atoms with E-state index in [-0.39, 0.29) is 19.0 Å². The highest BCUT2D eigenvalue weighted by atomic mass is 79.9. The van der Waals surface area contributed by atoms with Crippen molar-refractivity contribution < 1.29 is 13.5 Å². The first-order valence-electron chi connectivity index (χ1n) is 4.93. The zero-order chi connectivity index (χ0) is 12.9. The first-order chi connectivity index (χ1) is 7.97. The molecule has 0 spiro atoms. The molecule has 0 aromatic carbocycles. The summed E-state index contributed by atoms with van der Waals surface area (Å²) >= 11 is 3.20. The lowest BCUT2D eigenvalue weighted by molar-refractivity contribution is 0.276. The third kappa shape index (κ3) is 4.23. The van der Waals surface area contributed by atoms with Gasteiger partial charge < -0.3 is 5.11 Å². The molecule has 0 atom stereocenters. The number of aromatic nitrogens is 1. The van der Waals surface area contributed by atoms with Crippen molar-refractivity contribution in [3.05, 3.63) is 22.8 Å². The first-order valence-corrected chi connectivity index (χ1v) is 7.16. The minimum Gasteiger partial charge on any atom is -0.396 e. The van der Waals surface area contributed by atoms with Crippen LogP contribution in [0.1, 0.15) is 6.42 Å². The predicted molar refractivity (Wildman–Crippen MR) is 68.8 cm³/mol. The Balaban J connectivity index is 2.76. The number of hydrogen-bond donors (Lipinski definition) is 2. The Morgan fingerprint density at radius 3 is 2.88 bits per heavy atom. The van der Waals surface area contributed by atoms with E-state index in [1.54, 1.807) is 12.1 Å². The van der Waals surface area contributed by atoms with Gasteiger partial charge in [-0.05, 0) is 34.5 Å². The third-order valence-electron chi connectivity index (χ3n) is 2.03. The second-order valence-electron chi connectivity index (χ2n) is 3.34. The lowest BCUT2D eigenvalue weighted by atomic mass is 10.5. The lowest BCUT2D eigenvalue weighted by Crippen LogP contribution is -2.34. The van der Waals surface area contributed by atoms with Crippen molar-refractivity contribution >= 4 is 32.0 Å². The van der Waals surface area contributed by atoms with Crippen LogP contribution in [0.25, 0.3) is 0 Å². The van der Waals surface area contributed by atoms with Crippen LogP contribution in [0.4, 0.5) is 5.82 Å². The maximum atomic E-state index is 11.8. The molecule has 0 aliphatic heterocycles. The van der Waals surface area contributed by atoms with Crippen LogP contribution in [0.2, 0.25) is 0 Å². The molecule has 1 aromatic heterocycles. The number of rotatable bonds is 6. The van der Waals surface area contributed by atoms with Crippen LogP contribution in [-0.4, -0.2) is 43.0 Å². The molecule has 2 N–H and O–H groups in total. The first kappa shape index (κ1) is 14.4. The van der Waals surface area contributed by atoms with Crippen molar-refractivity contribution in [1.82, 2.24) is 9.29 Å². The monoisotopic (exact) mass is 323 g/mol. The van der Waals surface area contributed by atoms with Gasteiger partial charge in [-0.2, -0.15) is 12.7 Å². The molecule has 0 amide bonds. The van der Waals surface area contributed by atoms with E-state index in [1.807, 2.05) is 0 Å². The maximum Gasteiger partial charge on any atom is 0.302 e. The molecule has 6 nitrogen and oxygen atoms in total. The van der Waals surface area contributed by atoms with Gasteiger partial charge >= 0.3 is 10.2 Å². The average molecular weight is 324 g/mol. The van der Waals surface area contributed by atoms with E-state index < -0.39 is 10.2 Å². The normalized spacial score (nSPS) is 11.8. The van der Waals surface area contributed by atoms with Crippen molar-refractivity contribution in [3.8, 4) is 0 Å². The molecule has 0 unspecified atom stereocenters. The van der Waals surface area contributed by atoms with Crippen molar-refractivity contribution in [2.24, 2.45) is 0 Å². The van der Waals surface area contributed by atoms with E-state index >= 15 is 0 Å². The van der Waals surface area contributed by atoms with Crippen LogP contribution < -0.4 is 4.72 Å². The van der Waals surface area contributed by atoms with Gasteiger partial charge in [-0.1, -0.05) is 0 Å². The molecule has 0 aliphatic carbocycles. The highest BCUT2D eigenvalue weighted by Gasteiger charge is 2.18. The molecule has 1 heterocycles. The second kappa shape index (κ2) is 6.29. The largest absolute Gasteiger partial charge is 0.396 e. The van der Waals surface area contributed by atoms with Crippen LogP contribution in [0.5, 0.6) is 0 Å². The minimum atomic E-state index is -3.63. The van der Waals surface area contributed by atoms with Gasteiger partial charge in [0.2, 0.25) is 0 Å². The van der Waals surface area contributed by atoms with E-state index in [9.17, 15) is 8.42 Å². The van der Waals surface area contributed by atoms with Gasteiger partial charge in [-0.3, -0.25) is 4.72 Å². The molecule has 0 saturated carbocycles. The number of nitrogens with zero attached hydrogens (tertiary/aromatic N) is 2. The van der Waals surface area contributed by atoms with Gasteiger partial charge in [-0.25, -0.2) is 4.98 Å². The zero-order valence-corrected chi connectivity index (χ0v) is 11.7. The summed E-state index contributed by atoms with van der Waals surface area (Å²) in [5.74, 6) is 0.239. The van der Waals surface area contributed by atoms with Crippen molar-refractivity contribution in [1.29, 1.82) is 0 Å². The molecule has 1 rings (SSSR count).